The van der Waals surface area contributed by atoms with Gasteiger partial charge in [0.15, 0.2) is 5.79 Å². The summed E-state index contributed by atoms with van der Waals surface area (Å²) in [6.07, 6.45) is 5.04. The molecule has 1 saturated heterocycles. The van der Waals surface area contributed by atoms with E-state index < -0.39 is 5.79 Å². The van der Waals surface area contributed by atoms with Crippen LogP contribution in [-0.4, -0.2) is 54.1 Å². The number of hydrogen-bond acceptors (Lipinski definition) is 2. The first-order valence-corrected chi connectivity index (χ1v) is 23.3. The molecule has 4 heteroatoms. The molecule has 4 nitrogen and oxygen atoms in total. The standard InChI is InChI=1S/C58H70N2O2/c1-44-20-28-50(29-21-44)38-59(5,39-51-30-22-45(2)23-31-51)42-56-57(43-60(6,40-52-32-24-46(3)25-33-52)41-53-34-26-47(4)27-35-53)62-58(61-56)54(36-48-14-9-7-10-15-48)18-13-19-55(58)37-49-16-11-8-12-17-49/h7-12,14-17,20-35,54-57H,13,18-19,36-43H2,1-6H3/q+2/t54-,55-,56+,57+/m1/s1. The highest BCUT2D eigenvalue weighted by Gasteiger charge is 2.60. The Morgan fingerprint density at radius 1 is 0.403 bits per heavy atom. The molecule has 1 saturated carbocycles. The van der Waals surface area contributed by atoms with Crippen LogP contribution >= 0.6 is 0 Å². The van der Waals surface area contributed by atoms with Gasteiger partial charge in [0.05, 0.1) is 14.1 Å². The van der Waals surface area contributed by atoms with Crippen molar-refractivity contribution in [1.82, 2.24) is 0 Å². The van der Waals surface area contributed by atoms with Crippen molar-refractivity contribution in [3.63, 3.8) is 0 Å². The van der Waals surface area contributed by atoms with Gasteiger partial charge in [-0.1, -0.05) is 186 Å². The minimum Gasteiger partial charge on any atom is -0.337 e. The van der Waals surface area contributed by atoms with Gasteiger partial charge in [-0.25, -0.2) is 0 Å². The topological polar surface area (TPSA) is 18.5 Å². The molecule has 6 aromatic rings. The molecular formula is C58H70N2O2+2. The molecule has 0 radical (unpaired) electrons. The van der Waals surface area contributed by atoms with E-state index in [1.807, 2.05) is 0 Å². The van der Waals surface area contributed by atoms with E-state index in [4.69, 9.17) is 9.47 Å². The van der Waals surface area contributed by atoms with Crippen molar-refractivity contribution in [3.8, 4) is 0 Å². The lowest BCUT2D eigenvalue weighted by Gasteiger charge is -2.46. The molecule has 1 aliphatic heterocycles. The largest absolute Gasteiger partial charge is 0.337 e. The Labute approximate surface area is 373 Å². The summed E-state index contributed by atoms with van der Waals surface area (Å²) in [6, 6.07) is 59.0. The lowest BCUT2D eigenvalue weighted by molar-refractivity contribution is -0.944. The maximum atomic E-state index is 8.01. The fourth-order valence-corrected chi connectivity index (χ4v) is 10.8. The van der Waals surface area contributed by atoms with E-state index in [0.29, 0.717) is 0 Å². The highest BCUT2D eigenvalue weighted by Crippen LogP contribution is 2.51. The predicted molar refractivity (Wildman–Crippen MR) is 255 cm³/mol. The van der Waals surface area contributed by atoms with Crippen LogP contribution in [0.4, 0.5) is 0 Å². The van der Waals surface area contributed by atoms with Crippen molar-refractivity contribution >= 4 is 0 Å². The van der Waals surface area contributed by atoms with E-state index in [0.717, 1.165) is 73.9 Å². The molecular weight excluding hydrogens is 757 g/mol. The van der Waals surface area contributed by atoms with Crippen molar-refractivity contribution in [2.24, 2.45) is 11.8 Å². The summed E-state index contributed by atoms with van der Waals surface area (Å²) in [4.78, 5) is 0. The van der Waals surface area contributed by atoms with Crippen LogP contribution in [0.3, 0.4) is 0 Å². The zero-order chi connectivity index (χ0) is 43.2. The molecule has 1 aliphatic carbocycles. The zero-order valence-corrected chi connectivity index (χ0v) is 38.3. The molecule has 62 heavy (non-hydrogen) atoms. The molecule has 8 rings (SSSR count). The second-order valence-corrected chi connectivity index (χ2v) is 19.9. The Balaban J connectivity index is 1.22. The van der Waals surface area contributed by atoms with Crippen molar-refractivity contribution in [1.29, 1.82) is 0 Å². The first-order valence-electron chi connectivity index (χ1n) is 23.3. The minimum atomic E-state index is -0.712. The fraction of sp³-hybridized carbons (Fsp3) is 0.379. The average Bonchev–Trinajstić information content (AvgIpc) is 3.60. The van der Waals surface area contributed by atoms with Gasteiger partial charge in [-0.15, -0.1) is 0 Å². The van der Waals surface area contributed by atoms with Gasteiger partial charge in [0.2, 0.25) is 0 Å². The molecule has 0 amide bonds. The number of quaternary nitrogens is 2. The maximum absolute atomic E-state index is 8.01. The van der Waals surface area contributed by atoms with Crippen LogP contribution in [0.15, 0.2) is 158 Å². The first-order chi connectivity index (χ1) is 29.9. The molecule has 1 spiro atoms. The molecule has 4 atom stereocenters. The second kappa shape index (κ2) is 19.3. The molecule has 2 aliphatic rings. The number of ether oxygens (including phenoxy) is 2. The number of aryl methyl sites for hydroxylation is 4. The Hall–Kier alpha value is -4.84. The number of nitrogens with zero attached hydrogens (tertiary/aromatic N) is 2. The Morgan fingerprint density at radius 2 is 0.694 bits per heavy atom. The first kappa shape index (κ1) is 43.8. The predicted octanol–water partition coefficient (Wildman–Crippen LogP) is 12.3. The number of rotatable bonds is 16. The van der Waals surface area contributed by atoms with E-state index in [2.05, 4.69) is 200 Å². The van der Waals surface area contributed by atoms with E-state index >= 15 is 0 Å². The van der Waals surface area contributed by atoms with Crippen LogP contribution in [0.2, 0.25) is 0 Å². The summed E-state index contributed by atoms with van der Waals surface area (Å²) in [5, 5.41) is 0. The Bertz CT molecular complexity index is 2040. The summed E-state index contributed by atoms with van der Waals surface area (Å²) in [6.45, 7) is 14.1. The van der Waals surface area contributed by atoms with E-state index in [1.165, 1.54) is 62.1 Å². The van der Waals surface area contributed by atoms with Gasteiger partial charge in [-0.3, -0.25) is 0 Å². The highest BCUT2D eigenvalue weighted by atomic mass is 16.8. The smallest absolute Gasteiger partial charge is 0.176 e. The van der Waals surface area contributed by atoms with Gasteiger partial charge in [0.1, 0.15) is 51.5 Å². The van der Waals surface area contributed by atoms with Gasteiger partial charge in [0.25, 0.3) is 0 Å². The number of likely N-dealkylation sites (N-methyl/N-ethyl adjacent to an activating group) is 2. The zero-order valence-electron chi connectivity index (χ0n) is 38.3. The third-order valence-electron chi connectivity index (χ3n) is 14.0. The third-order valence-corrected chi connectivity index (χ3v) is 14.0. The van der Waals surface area contributed by atoms with Crippen LogP contribution in [0.1, 0.15) is 74.9 Å². The monoisotopic (exact) mass is 827 g/mol. The SMILES string of the molecule is Cc1ccc(C[N+](C)(Cc2ccc(C)cc2)C[C@@H]2OC3(O[C@H]2C[N+](C)(Cc2ccc(C)cc2)Cc2ccc(C)cc2)[C@@H](Cc2ccccc2)CCC[C@@H]3Cc2ccccc2)cc1. The van der Waals surface area contributed by atoms with Crippen molar-refractivity contribution in [2.45, 2.75) is 104 Å². The van der Waals surface area contributed by atoms with Gasteiger partial charge in [-0.05, 0) is 64.5 Å². The van der Waals surface area contributed by atoms with E-state index in [9.17, 15) is 0 Å². The summed E-state index contributed by atoms with van der Waals surface area (Å²) >= 11 is 0. The van der Waals surface area contributed by atoms with Gasteiger partial charge >= 0.3 is 0 Å². The maximum Gasteiger partial charge on any atom is 0.176 e. The molecule has 0 bridgehead atoms. The Kier molecular flexibility index (Phi) is 13.6. The molecule has 0 unspecified atom stereocenters. The van der Waals surface area contributed by atoms with Crippen LogP contribution in [0.25, 0.3) is 0 Å². The van der Waals surface area contributed by atoms with Gasteiger partial charge in [-0.2, -0.15) is 0 Å². The lowest BCUT2D eigenvalue weighted by atomic mass is 9.71. The number of benzene rings is 6. The van der Waals surface area contributed by atoms with Crippen LogP contribution in [0.5, 0.6) is 0 Å². The molecule has 0 N–H and O–H groups in total. The fourth-order valence-electron chi connectivity index (χ4n) is 10.8. The molecule has 6 aromatic carbocycles. The normalized spacial score (nSPS) is 20.1. The summed E-state index contributed by atoms with van der Waals surface area (Å²) < 4.78 is 17.7. The summed E-state index contributed by atoms with van der Waals surface area (Å²) in [7, 11) is 4.92. The lowest BCUT2D eigenvalue weighted by Crippen LogP contribution is -2.54. The van der Waals surface area contributed by atoms with E-state index in [-0.39, 0.29) is 24.0 Å². The van der Waals surface area contributed by atoms with Crippen molar-refractivity contribution in [2.75, 3.05) is 27.2 Å². The quantitative estimate of drug-likeness (QED) is 0.0905. The van der Waals surface area contributed by atoms with Crippen molar-refractivity contribution < 1.29 is 18.4 Å². The van der Waals surface area contributed by atoms with Gasteiger partial charge in [0, 0.05) is 34.1 Å². The summed E-state index contributed by atoms with van der Waals surface area (Å²) in [5.41, 5.74) is 13.3. The third kappa shape index (κ3) is 11.0. The van der Waals surface area contributed by atoms with E-state index in [1.54, 1.807) is 0 Å². The highest BCUT2D eigenvalue weighted by molar-refractivity contribution is 5.25. The molecule has 2 fully saturated rings. The molecule has 322 valence electrons. The second-order valence-electron chi connectivity index (χ2n) is 19.9. The van der Waals surface area contributed by atoms with Crippen LogP contribution < -0.4 is 0 Å². The van der Waals surface area contributed by atoms with Crippen LogP contribution in [0, 0.1) is 39.5 Å². The summed E-state index contributed by atoms with van der Waals surface area (Å²) in [5.74, 6) is -0.238. The van der Waals surface area contributed by atoms with Crippen LogP contribution in [-0.2, 0) is 48.5 Å². The Morgan fingerprint density at radius 3 is 0.984 bits per heavy atom. The minimum absolute atomic E-state index is 0.112. The molecule has 0 aromatic heterocycles. The van der Waals surface area contributed by atoms with Crippen molar-refractivity contribution in [3.05, 3.63) is 213 Å². The number of hydrogen-bond donors (Lipinski definition) is 0. The van der Waals surface area contributed by atoms with Gasteiger partial charge < -0.3 is 18.4 Å². The average molecular weight is 827 g/mol. The molecule has 1 heterocycles.